The number of amides is 1. The predicted molar refractivity (Wildman–Crippen MR) is 69.3 cm³/mol. The maximum absolute atomic E-state index is 11.3. The standard InChI is InChI=1S/C14H17NO3/c1-2-3-8-17-14(16)15-10-12-9-11-6-4-5-7-13(11)18-12/h4-7,9H,2-3,8,10H2,1H3,(H,15,16). The zero-order valence-electron chi connectivity index (χ0n) is 10.4. The van der Waals surface area contributed by atoms with E-state index in [0.717, 1.165) is 29.6 Å². The first-order valence-electron chi connectivity index (χ1n) is 6.17. The van der Waals surface area contributed by atoms with Gasteiger partial charge in [-0.2, -0.15) is 0 Å². The van der Waals surface area contributed by atoms with E-state index in [9.17, 15) is 4.79 Å². The van der Waals surface area contributed by atoms with Gasteiger partial charge in [0, 0.05) is 5.39 Å². The van der Waals surface area contributed by atoms with Crippen LogP contribution in [0, 0.1) is 0 Å². The van der Waals surface area contributed by atoms with E-state index >= 15 is 0 Å². The third-order valence-electron chi connectivity index (χ3n) is 2.61. The molecule has 1 amide bonds. The fraction of sp³-hybridized carbons (Fsp3) is 0.357. The average molecular weight is 247 g/mol. The normalized spacial score (nSPS) is 10.5. The van der Waals surface area contributed by atoms with E-state index in [1.54, 1.807) is 0 Å². The highest BCUT2D eigenvalue weighted by Gasteiger charge is 2.05. The first-order chi connectivity index (χ1) is 8.79. The molecular formula is C14H17NO3. The third kappa shape index (κ3) is 3.26. The van der Waals surface area contributed by atoms with Crippen molar-refractivity contribution in [3.8, 4) is 0 Å². The molecule has 96 valence electrons. The largest absolute Gasteiger partial charge is 0.459 e. The minimum Gasteiger partial charge on any atom is -0.459 e. The molecule has 0 bridgehead atoms. The number of furan rings is 1. The van der Waals surface area contributed by atoms with E-state index in [-0.39, 0.29) is 0 Å². The highest BCUT2D eigenvalue weighted by atomic mass is 16.5. The number of carbonyl (C=O) groups is 1. The van der Waals surface area contributed by atoms with Crippen molar-refractivity contribution in [2.45, 2.75) is 26.3 Å². The SMILES string of the molecule is CCCCOC(=O)NCc1cc2ccccc2o1. The fourth-order valence-corrected chi connectivity index (χ4v) is 1.64. The summed E-state index contributed by atoms with van der Waals surface area (Å²) in [5.41, 5.74) is 0.827. The van der Waals surface area contributed by atoms with Crippen molar-refractivity contribution >= 4 is 17.1 Å². The van der Waals surface area contributed by atoms with Gasteiger partial charge < -0.3 is 14.5 Å². The van der Waals surface area contributed by atoms with Crippen molar-refractivity contribution in [3.63, 3.8) is 0 Å². The predicted octanol–water partition coefficient (Wildman–Crippen LogP) is 3.46. The van der Waals surface area contributed by atoms with E-state index in [1.807, 2.05) is 30.3 Å². The number of alkyl carbamates (subject to hydrolysis) is 1. The van der Waals surface area contributed by atoms with Crippen LogP contribution in [0.4, 0.5) is 4.79 Å². The lowest BCUT2D eigenvalue weighted by Gasteiger charge is -2.04. The van der Waals surface area contributed by atoms with Crippen LogP contribution in [0.25, 0.3) is 11.0 Å². The van der Waals surface area contributed by atoms with Crippen LogP contribution in [0.3, 0.4) is 0 Å². The minimum atomic E-state index is -0.399. The lowest BCUT2D eigenvalue weighted by atomic mass is 10.2. The molecule has 1 aromatic heterocycles. The first-order valence-corrected chi connectivity index (χ1v) is 6.17. The second-order valence-electron chi connectivity index (χ2n) is 4.09. The van der Waals surface area contributed by atoms with Crippen molar-refractivity contribution < 1.29 is 13.9 Å². The summed E-state index contributed by atoms with van der Waals surface area (Å²) < 4.78 is 10.6. The number of para-hydroxylation sites is 1. The monoisotopic (exact) mass is 247 g/mol. The molecule has 1 aromatic carbocycles. The molecule has 4 heteroatoms. The van der Waals surface area contributed by atoms with Crippen molar-refractivity contribution in [2.24, 2.45) is 0 Å². The molecule has 0 aliphatic heterocycles. The van der Waals surface area contributed by atoms with Crippen LogP contribution in [0.15, 0.2) is 34.7 Å². The third-order valence-corrected chi connectivity index (χ3v) is 2.61. The highest BCUT2D eigenvalue weighted by molar-refractivity contribution is 5.77. The van der Waals surface area contributed by atoms with E-state index in [1.165, 1.54) is 0 Å². The number of hydrogen-bond donors (Lipinski definition) is 1. The second-order valence-corrected chi connectivity index (χ2v) is 4.09. The summed E-state index contributed by atoms with van der Waals surface area (Å²) in [5, 5.41) is 3.70. The zero-order valence-corrected chi connectivity index (χ0v) is 10.4. The van der Waals surface area contributed by atoms with Gasteiger partial charge in [-0.1, -0.05) is 31.5 Å². The Bertz CT molecular complexity index is 485. The quantitative estimate of drug-likeness (QED) is 0.823. The molecule has 0 aliphatic rings. The lowest BCUT2D eigenvalue weighted by molar-refractivity contribution is 0.143. The van der Waals surface area contributed by atoms with E-state index in [0.29, 0.717) is 13.2 Å². The number of unbranched alkanes of at least 4 members (excludes halogenated alkanes) is 1. The molecule has 0 spiro atoms. The number of carbonyl (C=O) groups excluding carboxylic acids is 1. The van der Waals surface area contributed by atoms with Gasteiger partial charge in [0.25, 0.3) is 0 Å². The van der Waals surface area contributed by atoms with Crippen molar-refractivity contribution in [3.05, 3.63) is 36.1 Å². The number of benzene rings is 1. The Kier molecular flexibility index (Phi) is 4.23. The Morgan fingerprint density at radius 2 is 2.22 bits per heavy atom. The first kappa shape index (κ1) is 12.5. The van der Waals surface area contributed by atoms with Gasteiger partial charge in [-0.05, 0) is 18.6 Å². The number of fused-ring (bicyclic) bond motifs is 1. The summed E-state index contributed by atoms with van der Waals surface area (Å²) in [6.45, 7) is 2.86. The summed E-state index contributed by atoms with van der Waals surface area (Å²) in [6, 6.07) is 9.66. The Labute approximate surface area is 106 Å². The fourth-order valence-electron chi connectivity index (χ4n) is 1.64. The van der Waals surface area contributed by atoms with E-state index in [2.05, 4.69) is 12.2 Å². The summed E-state index contributed by atoms with van der Waals surface area (Å²) in [6.07, 6.45) is 1.50. The molecular weight excluding hydrogens is 230 g/mol. The Hall–Kier alpha value is -1.97. The molecule has 0 radical (unpaired) electrons. The second kappa shape index (κ2) is 6.10. The number of rotatable bonds is 5. The van der Waals surface area contributed by atoms with Crippen LogP contribution < -0.4 is 5.32 Å². The molecule has 18 heavy (non-hydrogen) atoms. The summed E-state index contributed by atoms with van der Waals surface area (Å²) >= 11 is 0. The molecule has 0 saturated heterocycles. The zero-order chi connectivity index (χ0) is 12.8. The average Bonchev–Trinajstić information content (AvgIpc) is 2.79. The Balaban J connectivity index is 1.84. The number of hydrogen-bond acceptors (Lipinski definition) is 3. The Morgan fingerprint density at radius 3 is 3.00 bits per heavy atom. The van der Waals surface area contributed by atoms with Crippen molar-refractivity contribution in [2.75, 3.05) is 6.61 Å². The van der Waals surface area contributed by atoms with E-state index < -0.39 is 6.09 Å². The van der Waals surface area contributed by atoms with Crippen molar-refractivity contribution in [1.82, 2.24) is 5.32 Å². The summed E-state index contributed by atoms with van der Waals surface area (Å²) in [5.74, 6) is 0.726. The summed E-state index contributed by atoms with van der Waals surface area (Å²) in [7, 11) is 0. The van der Waals surface area contributed by atoms with Crippen LogP contribution in [-0.4, -0.2) is 12.7 Å². The van der Waals surface area contributed by atoms with Gasteiger partial charge in [0.05, 0.1) is 13.2 Å². The van der Waals surface area contributed by atoms with Gasteiger partial charge in [-0.3, -0.25) is 0 Å². The van der Waals surface area contributed by atoms with Crippen LogP contribution in [-0.2, 0) is 11.3 Å². The van der Waals surface area contributed by atoms with Crippen LogP contribution in [0.1, 0.15) is 25.5 Å². The van der Waals surface area contributed by atoms with E-state index in [4.69, 9.17) is 9.15 Å². The molecule has 2 rings (SSSR count). The maximum atomic E-state index is 11.3. The molecule has 0 saturated carbocycles. The highest BCUT2D eigenvalue weighted by Crippen LogP contribution is 2.18. The van der Waals surface area contributed by atoms with Gasteiger partial charge in [0.15, 0.2) is 0 Å². The molecule has 0 aliphatic carbocycles. The van der Waals surface area contributed by atoms with Crippen LogP contribution >= 0.6 is 0 Å². The van der Waals surface area contributed by atoms with Crippen molar-refractivity contribution in [1.29, 1.82) is 0 Å². The topological polar surface area (TPSA) is 51.5 Å². The maximum Gasteiger partial charge on any atom is 0.407 e. The molecule has 0 fully saturated rings. The van der Waals surface area contributed by atoms with Gasteiger partial charge in [0.1, 0.15) is 11.3 Å². The van der Waals surface area contributed by atoms with Gasteiger partial charge in [0.2, 0.25) is 0 Å². The minimum absolute atomic E-state index is 0.347. The molecule has 1 N–H and O–H groups in total. The number of ether oxygens (including phenoxy) is 1. The lowest BCUT2D eigenvalue weighted by Crippen LogP contribution is -2.23. The van der Waals surface area contributed by atoms with Gasteiger partial charge >= 0.3 is 6.09 Å². The molecule has 0 atom stereocenters. The summed E-state index contributed by atoms with van der Waals surface area (Å²) in [4.78, 5) is 11.3. The van der Waals surface area contributed by atoms with Crippen LogP contribution in [0.5, 0.6) is 0 Å². The molecule has 1 heterocycles. The molecule has 2 aromatic rings. The number of nitrogens with one attached hydrogen (secondary N) is 1. The smallest absolute Gasteiger partial charge is 0.407 e. The van der Waals surface area contributed by atoms with Gasteiger partial charge in [-0.15, -0.1) is 0 Å². The Morgan fingerprint density at radius 1 is 1.39 bits per heavy atom. The van der Waals surface area contributed by atoms with Gasteiger partial charge in [-0.25, -0.2) is 4.79 Å². The molecule has 0 unspecified atom stereocenters. The van der Waals surface area contributed by atoms with Crippen LogP contribution in [0.2, 0.25) is 0 Å². The molecule has 4 nitrogen and oxygen atoms in total.